The lowest BCUT2D eigenvalue weighted by Gasteiger charge is -2.35. The molecule has 1 saturated carbocycles. The fourth-order valence-corrected chi connectivity index (χ4v) is 3.62. The molecule has 2 rings (SSSR count). The quantitative estimate of drug-likeness (QED) is 0.776. The first-order chi connectivity index (χ1) is 9.55. The highest BCUT2D eigenvalue weighted by molar-refractivity contribution is 5.25. The van der Waals surface area contributed by atoms with E-state index < -0.39 is 0 Å². The Morgan fingerprint density at radius 2 is 1.70 bits per heavy atom. The standard InChI is InChI=1S/C19H31N/c1-5-20-18(19(4)12-6-7-13-19)14-16-8-10-17(11-9-16)15(2)3/h8-11,15,18,20H,5-7,12-14H2,1-4H3. The van der Waals surface area contributed by atoms with E-state index >= 15 is 0 Å². The molecule has 112 valence electrons. The van der Waals surface area contributed by atoms with Gasteiger partial charge in [-0.3, -0.25) is 0 Å². The normalized spacial score (nSPS) is 19.4. The van der Waals surface area contributed by atoms with Gasteiger partial charge < -0.3 is 5.32 Å². The number of likely N-dealkylation sites (N-methyl/N-ethyl adjacent to an activating group) is 1. The maximum atomic E-state index is 3.75. The summed E-state index contributed by atoms with van der Waals surface area (Å²) < 4.78 is 0. The van der Waals surface area contributed by atoms with Gasteiger partial charge in [0, 0.05) is 6.04 Å². The highest BCUT2D eigenvalue weighted by Gasteiger charge is 2.36. The lowest BCUT2D eigenvalue weighted by Crippen LogP contribution is -2.43. The van der Waals surface area contributed by atoms with E-state index in [0.717, 1.165) is 6.54 Å². The second kappa shape index (κ2) is 6.76. The van der Waals surface area contributed by atoms with E-state index in [1.54, 1.807) is 0 Å². The van der Waals surface area contributed by atoms with Crippen LogP contribution in [0.3, 0.4) is 0 Å². The summed E-state index contributed by atoms with van der Waals surface area (Å²) in [7, 11) is 0. The third-order valence-corrected chi connectivity index (χ3v) is 5.12. The van der Waals surface area contributed by atoms with Crippen molar-refractivity contribution in [3.63, 3.8) is 0 Å². The van der Waals surface area contributed by atoms with E-state index in [1.807, 2.05) is 0 Å². The van der Waals surface area contributed by atoms with Crippen molar-refractivity contribution in [1.82, 2.24) is 5.32 Å². The molecule has 1 aromatic carbocycles. The lowest BCUT2D eigenvalue weighted by molar-refractivity contribution is 0.222. The minimum absolute atomic E-state index is 0.493. The molecule has 0 amide bonds. The SMILES string of the molecule is CCNC(Cc1ccc(C(C)C)cc1)C1(C)CCCC1. The van der Waals surface area contributed by atoms with Crippen molar-refractivity contribution in [2.45, 2.75) is 71.8 Å². The lowest BCUT2D eigenvalue weighted by atomic mass is 9.77. The van der Waals surface area contributed by atoms with Gasteiger partial charge in [-0.25, -0.2) is 0 Å². The molecule has 1 aliphatic rings. The van der Waals surface area contributed by atoms with Gasteiger partial charge in [0.2, 0.25) is 0 Å². The molecule has 1 N–H and O–H groups in total. The summed E-state index contributed by atoms with van der Waals surface area (Å²) in [6.45, 7) is 10.3. The van der Waals surface area contributed by atoms with Crippen LogP contribution in [0.1, 0.15) is 70.4 Å². The highest BCUT2D eigenvalue weighted by atomic mass is 14.9. The maximum absolute atomic E-state index is 3.75. The summed E-state index contributed by atoms with van der Waals surface area (Å²) >= 11 is 0. The van der Waals surface area contributed by atoms with Crippen LogP contribution in [0.5, 0.6) is 0 Å². The van der Waals surface area contributed by atoms with E-state index in [9.17, 15) is 0 Å². The molecular weight excluding hydrogens is 242 g/mol. The molecule has 0 saturated heterocycles. The van der Waals surface area contributed by atoms with Crippen molar-refractivity contribution in [3.8, 4) is 0 Å². The van der Waals surface area contributed by atoms with E-state index in [2.05, 4.69) is 57.3 Å². The van der Waals surface area contributed by atoms with Gasteiger partial charge in [0.05, 0.1) is 0 Å². The molecule has 0 heterocycles. The summed E-state index contributed by atoms with van der Waals surface area (Å²) in [5, 5.41) is 3.75. The molecule has 0 aromatic heterocycles. The summed E-state index contributed by atoms with van der Waals surface area (Å²) in [6, 6.07) is 9.90. The monoisotopic (exact) mass is 273 g/mol. The minimum atomic E-state index is 0.493. The first kappa shape index (κ1) is 15.6. The fraction of sp³-hybridized carbons (Fsp3) is 0.684. The van der Waals surface area contributed by atoms with Gasteiger partial charge >= 0.3 is 0 Å². The zero-order valence-corrected chi connectivity index (χ0v) is 13.7. The third-order valence-electron chi connectivity index (χ3n) is 5.12. The van der Waals surface area contributed by atoms with Gasteiger partial charge in [-0.2, -0.15) is 0 Å². The van der Waals surface area contributed by atoms with Crippen molar-refractivity contribution in [1.29, 1.82) is 0 Å². The molecule has 1 fully saturated rings. The molecule has 20 heavy (non-hydrogen) atoms. The molecule has 0 aliphatic heterocycles. The van der Waals surface area contributed by atoms with Crippen molar-refractivity contribution in [3.05, 3.63) is 35.4 Å². The van der Waals surface area contributed by atoms with E-state index in [1.165, 1.54) is 43.2 Å². The Bertz CT molecular complexity index is 398. The number of hydrogen-bond donors (Lipinski definition) is 1. The van der Waals surface area contributed by atoms with Crippen molar-refractivity contribution < 1.29 is 0 Å². The Morgan fingerprint density at radius 1 is 1.10 bits per heavy atom. The van der Waals surface area contributed by atoms with Gasteiger partial charge in [0.1, 0.15) is 0 Å². The summed E-state index contributed by atoms with van der Waals surface area (Å²) in [4.78, 5) is 0. The summed E-state index contributed by atoms with van der Waals surface area (Å²) in [5.74, 6) is 0.626. The molecule has 0 bridgehead atoms. The predicted octanol–water partition coefficient (Wildman–Crippen LogP) is 4.91. The van der Waals surface area contributed by atoms with Crippen LogP contribution in [-0.4, -0.2) is 12.6 Å². The maximum Gasteiger partial charge on any atom is 0.0161 e. The Kier molecular flexibility index (Phi) is 5.26. The van der Waals surface area contributed by atoms with Crippen LogP contribution in [-0.2, 0) is 6.42 Å². The van der Waals surface area contributed by atoms with E-state index in [4.69, 9.17) is 0 Å². The van der Waals surface area contributed by atoms with Crippen LogP contribution < -0.4 is 5.32 Å². The molecular formula is C19H31N. The Morgan fingerprint density at radius 3 is 2.20 bits per heavy atom. The first-order valence-electron chi connectivity index (χ1n) is 8.37. The van der Waals surface area contributed by atoms with Crippen LogP contribution in [0.25, 0.3) is 0 Å². The smallest absolute Gasteiger partial charge is 0.0161 e. The first-order valence-corrected chi connectivity index (χ1v) is 8.37. The molecule has 1 heteroatoms. The van der Waals surface area contributed by atoms with E-state index in [0.29, 0.717) is 17.4 Å². The molecule has 1 aliphatic carbocycles. The molecule has 1 unspecified atom stereocenters. The largest absolute Gasteiger partial charge is 0.313 e. The number of nitrogens with one attached hydrogen (secondary N) is 1. The molecule has 0 radical (unpaired) electrons. The molecule has 0 spiro atoms. The summed E-state index contributed by atoms with van der Waals surface area (Å²) in [5.41, 5.74) is 3.42. The average Bonchev–Trinajstić information content (AvgIpc) is 2.87. The van der Waals surface area contributed by atoms with Crippen molar-refractivity contribution in [2.24, 2.45) is 5.41 Å². The predicted molar refractivity (Wildman–Crippen MR) is 88.3 cm³/mol. The molecule has 1 nitrogen and oxygen atoms in total. The molecule has 1 aromatic rings. The number of hydrogen-bond acceptors (Lipinski definition) is 1. The summed E-state index contributed by atoms with van der Waals surface area (Å²) in [6.07, 6.45) is 6.75. The van der Waals surface area contributed by atoms with Crippen LogP contribution in [0.2, 0.25) is 0 Å². The fourth-order valence-electron chi connectivity index (χ4n) is 3.62. The third kappa shape index (κ3) is 3.63. The van der Waals surface area contributed by atoms with Crippen LogP contribution in [0.15, 0.2) is 24.3 Å². The van der Waals surface area contributed by atoms with Crippen LogP contribution >= 0.6 is 0 Å². The number of benzene rings is 1. The average molecular weight is 273 g/mol. The van der Waals surface area contributed by atoms with Crippen molar-refractivity contribution in [2.75, 3.05) is 6.54 Å². The van der Waals surface area contributed by atoms with Gasteiger partial charge in [-0.1, -0.05) is 64.8 Å². The Labute approximate surface area is 125 Å². The van der Waals surface area contributed by atoms with Crippen LogP contribution in [0, 0.1) is 5.41 Å². The number of rotatable bonds is 6. The Balaban J connectivity index is 2.07. The van der Waals surface area contributed by atoms with Gasteiger partial charge in [-0.05, 0) is 48.3 Å². The topological polar surface area (TPSA) is 12.0 Å². The zero-order chi connectivity index (χ0) is 14.6. The van der Waals surface area contributed by atoms with Gasteiger partial charge in [-0.15, -0.1) is 0 Å². The second-order valence-electron chi connectivity index (χ2n) is 7.07. The van der Waals surface area contributed by atoms with Crippen molar-refractivity contribution >= 4 is 0 Å². The van der Waals surface area contributed by atoms with Gasteiger partial charge in [0.15, 0.2) is 0 Å². The van der Waals surface area contributed by atoms with E-state index in [-0.39, 0.29) is 0 Å². The van der Waals surface area contributed by atoms with Crippen LogP contribution in [0.4, 0.5) is 0 Å². The van der Waals surface area contributed by atoms with Gasteiger partial charge in [0.25, 0.3) is 0 Å². The zero-order valence-electron chi connectivity index (χ0n) is 13.7. The highest BCUT2D eigenvalue weighted by Crippen LogP contribution is 2.41. The minimum Gasteiger partial charge on any atom is -0.313 e. The Hall–Kier alpha value is -0.820. The second-order valence-corrected chi connectivity index (χ2v) is 7.07. The molecule has 1 atom stereocenters.